The Balaban J connectivity index is 2.01. The highest BCUT2D eigenvalue weighted by molar-refractivity contribution is 5.96. The molecule has 3 nitrogen and oxygen atoms in total. The largest absolute Gasteiger partial charge is 0.388 e. The van der Waals surface area contributed by atoms with Gasteiger partial charge in [-0.15, -0.1) is 0 Å². The van der Waals surface area contributed by atoms with E-state index >= 15 is 0 Å². The Labute approximate surface area is 122 Å². The zero-order chi connectivity index (χ0) is 14.5. The van der Waals surface area contributed by atoms with E-state index < -0.39 is 0 Å². The van der Waals surface area contributed by atoms with Crippen molar-refractivity contribution in [2.45, 2.75) is 52.0 Å². The van der Waals surface area contributed by atoms with Crippen molar-refractivity contribution in [3.8, 4) is 0 Å². The van der Waals surface area contributed by atoms with Crippen molar-refractivity contribution in [2.24, 2.45) is 5.92 Å². The summed E-state index contributed by atoms with van der Waals surface area (Å²) in [6.45, 7) is 4.24. The van der Waals surface area contributed by atoms with Gasteiger partial charge in [0.1, 0.15) is 0 Å². The molecule has 1 aliphatic rings. The molecule has 1 aromatic rings. The number of rotatable bonds is 4. The molecule has 2 rings (SSSR count). The van der Waals surface area contributed by atoms with Gasteiger partial charge in [-0.1, -0.05) is 26.2 Å². The van der Waals surface area contributed by atoms with E-state index in [-0.39, 0.29) is 5.91 Å². The van der Waals surface area contributed by atoms with Crippen molar-refractivity contribution in [3.05, 3.63) is 29.3 Å². The molecule has 2 atom stereocenters. The molecule has 3 heteroatoms. The molecule has 0 bridgehead atoms. The molecule has 0 saturated heterocycles. The van der Waals surface area contributed by atoms with Crippen molar-refractivity contribution in [1.82, 2.24) is 5.32 Å². The van der Waals surface area contributed by atoms with Gasteiger partial charge in [0.2, 0.25) is 0 Å². The number of benzene rings is 1. The van der Waals surface area contributed by atoms with E-state index in [1.807, 2.05) is 32.2 Å². The highest BCUT2D eigenvalue weighted by Gasteiger charge is 2.22. The quantitative estimate of drug-likeness (QED) is 0.878. The molecule has 1 aromatic carbocycles. The van der Waals surface area contributed by atoms with Gasteiger partial charge in [0.25, 0.3) is 5.91 Å². The van der Waals surface area contributed by atoms with Crippen LogP contribution in [-0.2, 0) is 0 Å². The number of carbonyl (C=O) groups excluding carboxylic acids is 1. The van der Waals surface area contributed by atoms with Crippen molar-refractivity contribution >= 4 is 11.6 Å². The molecule has 0 spiro atoms. The van der Waals surface area contributed by atoms with Crippen LogP contribution in [0.15, 0.2) is 18.2 Å². The summed E-state index contributed by atoms with van der Waals surface area (Å²) in [6, 6.07) is 6.24. The Morgan fingerprint density at radius 2 is 2.15 bits per heavy atom. The Morgan fingerprint density at radius 3 is 2.80 bits per heavy atom. The average Bonchev–Trinajstić information content (AvgIpc) is 2.47. The lowest BCUT2D eigenvalue weighted by atomic mass is 9.84. The maximum atomic E-state index is 12.4. The van der Waals surface area contributed by atoms with Crippen molar-refractivity contribution in [1.29, 1.82) is 0 Å². The summed E-state index contributed by atoms with van der Waals surface area (Å²) < 4.78 is 0. The highest BCUT2D eigenvalue weighted by Crippen LogP contribution is 2.27. The summed E-state index contributed by atoms with van der Waals surface area (Å²) in [6.07, 6.45) is 6.04. The molecule has 1 amide bonds. The van der Waals surface area contributed by atoms with Gasteiger partial charge in [0, 0.05) is 24.3 Å². The van der Waals surface area contributed by atoms with Crippen LogP contribution in [0.25, 0.3) is 0 Å². The van der Waals surface area contributed by atoms with Crippen LogP contribution in [0, 0.1) is 12.8 Å². The van der Waals surface area contributed by atoms with Crippen molar-refractivity contribution in [3.63, 3.8) is 0 Å². The first-order valence-electron chi connectivity index (χ1n) is 7.73. The number of carbonyl (C=O) groups is 1. The zero-order valence-electron chi connectivity index (χ0n) is 12.8. The highest BCUT2D eigenvalue weighted by atomic mass is 16.1. The van der Waals surface area contributed by atoms with Gasteiger partial charge in [0.15, 0.2) is 0 Å². The molecule has 0 aromatic heterocycles. The minimum Gasteiger partial charge on any atom is -0.388 e. The Hall–Kier alpha value is -1.51. The first-order chi connectivity index (χ1) is 9.63. The van der Waals surface area contributed by atoms with Gasteiger partial charge in [-0.3, -0.25) is 4.79 Å². The van der Waals surface area contributed by atoms with Crippen LogP contribution in [0.4, 0.5) is 5.69 Å². The number of amides is 1. The summed E-state index contributed by atoms with van der Waals surface area (Å²) in [5.41, 5.74) is 2.86. The van der Waals surface area contributed by atoms with E-state index in [0.29, 0.717) is 6.04 Å². The maximum absolute atomic E-state index is 12.4. The zero-order valence-corrected chi connectivity index (χ0v) is 12.8. The predicted octanol–water partition coefficient (Wildman–Crippen LogP) is 3.74. The average molecular weight is 274 g/mol. The summed E-state index contributed by atoms with van der Waals surface area (Å²) in [7, 11) is 1.89. The Morgan fingerprint density at radius 1 is 1.35 bits per heavy atom. The number of hydrogen-bond donors (Lipinski definition) is 2. The Kier molecular flexibility index (Phi) is 5.05. The fraction of sp³-hybridized carbons (Fsp3) is 0.588. The second-order valence-electron chi connectivity index (χ2n) is 5.89. The molecule has 1 saturated carbocycles. The van der Waals surface area contributed by atoms with Gasteiger partial charge in [-0.25, -0.2) is 0 Å². The van der Waals surface area contributed by atoms with Gasteiger partial charge in [-0.2, -0.15) is 0 Å². The topological polar surface area (TPSA) is 41.1 Å². The molecular weight excluding hydrogens is 248 g/mol. The molecule has 2 unspecified atom stereocenters. The monoisotopic (exact) mass is 274 g/mol. The van der Waals surface area contributed by atoms with E-state index in [0.717, 1.165) is 35.6 Å². The maximum Gasteiger partial charge on any atom is 0.251 e. The third-order valence-electron chi connectivity index (χ3n) is 4.46. The number of nitrogens with one attached hydrogen (secondary N) is 2. The summed E-state index contributed by atoms with van der Waals surface area (Å²) >= 11 is 0. The molecular formula is C17H26N2O. The molecule has 20 heavy (non-hydrogen) atoms. The molecule has 0 heterocycles. The molecule has 1 aliphatic carbocycles. The van der Waals surface area contributed by atoms with Gasteiger partial charge < -0.3 is 10.6 Å². The number of aryl methyl sites for hydroxylation is 1. The van der Waals surface area contributed by atoms with Crippen LogP contribution in [0.2, 0.25) is 0 Å². The van der Waals surface area contributed by atoms with Crippen LogP contribution in [0.1, 0.15) is 54.9 Å². The van der Waals surface area contributed by atoms with E-state index in [2.05, 4.69) is 17.6 Å². The first-order valence-corrected chi connectivity index (χ1v) is 7.73. The second kappa shape index (κ2) is 6.78. The predicted molar refractivity (Wildman–Crippen MR) is 84.2 cm³/mol. The molecule has 1 fully saturated rings. The summed E-state index contributed by atoms with van der Waals surface area (Å²) in [4.78, 5) is 12.4. The Bertz CT molecular complexity index is 470. The smallest absolute Gasteiger partial charge is 0.251 e. The third-order valence-corrected chi connectivity index (χ3v) is 4.46. The molecule has 110 valence electrons. The lowest BCUT2D eigenvalue weighted by Gasteiger charge is -2.29. The van der Waals surface area contributed by atoms with Gasteiger partial charge >= 0.3 is 0 Å². The van der Waals surface area contributed by atoms with Crippen LogP contribution >= 0.6 is 0 Å². The fourth-order valence-corrected chi connectivity index (χ4v) is 3.13. The van der Waals surface area contributed by atoms with Gasteiger partial charge in [0.05, 0.1) is 0 Å². The number of hydrogen-bond acceptors (Lipinski definition) is 2. The standard InChI is InChI=1S/C17H26N2O/c1-4-13-6-5-7-15(11-13)19-17(20)16-9-8-14(18-3)10-12(16)2/h8-10,13,15,18H,4-7,11H2,1-3H3,(H,19,20). The summed E-state index contributed by atoms with van der Waals surface area (Å²) in [5, 5.41) is 6.32. The normalized spacial score (nSPS) is 22.4. The summed E-state index contributed by atoms with van der Waals surface area (Å²) in [5.74, 6) is 0.855. The van der Waals surface area contributed by atoms with Gasteiger partial charge in [-0.05, 0) is 49.4 Å². The molecule has 2 N–H and O–H groups in total. The SMILES string of the molecule is CCC1CCCC(NC(=O)c2ccc(NC)cc2C)C1. The third kappa shape index (κ3) is 3.53. The van der Waals surface area contributed by atoms with Crippen LogP contribution in [0.5, 0.6) is 0 Å². The van der Waals surface area contributed by atoms with E-state index in [1.165, 1.54) is 19.3 Å². The number of anilines is 1. The van der Waals surface area contributed by atoms with Crippen LogP contribution < -0.4 is 10.6 Å². The van der Waals surface area contributed by atoms with Crippen LogP contribution in [-0.4, -0.2) is 19.0 Å². The minimum atomic E-state index is 0.0758. The lowest BCUT2D eigenvalue weighted by molar-refractivity contribution is 0.0918. The molecule has 0 radical (unpaired) electrons. The van der Waals surface area contributed by atoms with Crippen molar-refractivity contribution < 1.29 is 4.79 Å². The van der Waals surface area contributed by atoms with E-state index in [9.17, 15) is 4.79 Å². The van der Waals surface area contributed by atoms with Crippen LogP contribution in [0.3, 0.4) is 0 Å². The minimum absolute atomic E-state index is 0.0758. The lowest BCUT2D eigenvalue weighted by Crippen LogP contribution is -2.38. The van der Waals surface area contributed by atoms with E-state index in [1.54, 1.807) is 0 Å². The van der Waals surface area contributed by atoms with E-state index in [4.69, 9.17) is 0 Å². The second-order valence-corrected chi connectivity index (χ2v) is 5.89. The molecule has 0 aliphatic heterocycles. The fourth-order valence-electron chi connectivity index (χ4n) is 3.13. The first kappa shape index (κ1) is 14.9. The van der Waals surface area contributed by atoms with Crippen molar-refractivity contribution in [2.75, 3.05) is 12.4 Å².